The smallest absolute Gasteiger partial charge is 0.200 e. The maximum absolute atomic E-state index is 2.52. The van der Waals surface area contributed by atoms with Crippen LogP contribution in [0.15, 0.2) is 54.7 Å². The maximum Gasteiger partial charge on any atom is 0.220 e. The van der Waals surface area contributed by atoms with E-state index in [2.05, 4.69) is 115 Å². The maximum atomic E-state index is 2.52. The van der Waals surface area contributed by atoms with Crippen molar-refractivity contribution in [2.75, 3.05) is 0 Å². The third-order valence-corrected chi connectivity index (χ3v) is 13.9. The first kappa shape index (κ1) is 20.8. The number of aromatic nitrogens is 1. The Balaban J connectivity index is 2.30. The molecule has 1 aromatic heterocycles. The van der Waals surface area contributed by atoms with Crippen LogP contribution in [0, 0.1) is 6.92 Å². The molecule has 0 saturated carbocycles. The van der Waals surface area contributed by atoms with E-state index in [9.17, 15) is 0 Å². The van der Waals surface area contributed by atoms with Crippen molar-refractivity contribution in [1.29, 1.82) is 0 Å². The highest BCUT2D eigenvalue weighted by Crippen LogP contribution is 2.41. The summed E-state index contributed by atoms with van der Waals surface area (Å²) in [5.41, 5.74) is 6.13. The van der Waals surface area contributed by atoms with Gasteiger partial charge in [-0.25, -0.2) is 4.57 Å². The predicted octanol–water partition coefficient (Wildman–Crippen LogP) is 6.53. The molecule has 0 amide bonds. The number of fused-ring (bicyclic) bond motifs is 1. The molecular weight excluding hydrogens is 354 g/mol. The molecule has 0 radical (unpaired) electrons. The molecule has 0 spiro atoms. The van der Waals surface area contributed by atoms with E-state index >= 15 is 0 Å². The molecule has 1 heterocycles. The molecule has 148 valence electrons. The third-order valence-electron chi connectivity index (χ3n) is 6.90. The summed E-state index contributed by atoms with van der Waals surface area (Å²) in [6.45, 7) is 16.9. The van der Waals surface area contributed by atoms with Gasteiger partial charge in [0.25, 0.3) is 0 Å². The topological polar surface area (TPSA) is 3.88 Å². The average molecular weight is 391 g/mol. The summed E-state index contributed by atoms with van der Waals surface area (Å²) in [6.07, 6.45) is 2.22. The third kappa shape index (κ3) is 3.22. The van der Waals surface area contributed by atoms with Gasteiger partial charge in [-0.2, -0.15) is 0 Å². The van der Waals surface area contributed by atoms with Crippen molar-refractivity contribution in [2.45, 2.75) is 65.1 Å². The van der Waals surface area contributed by atoms with Gasteiger partial charge in [0.15, 0.2) is 6.20 Å². The minimum Gasteiger partial charge on any atom is -0.200 e. The SMILES string of the molecule is Cc1ccccc1-c1c2ccc([Si](C(C)C)(C(C)C)C(C)C)cc2cc[n+]1C. The molecule has 0 unspecified atom stereocenters. The Hall–Kier alpha value is -1.93. The van der Waals surface area contributed by atoms with E-state index < -0.39 is 8.07 Å². The molecule has 1 nitrogen and oxygen atoms in total. The molecule has 2 aromatic carbocycles. The summed E-state index contributed by atoms with van der Waals surface area (Å²) >= 11 is 0. The van der Waals surface area contributed by atoms with E-state index in [0.29, 0.717) is 0 Å². The van der Waals surface area contributed by atoms with Gasteiger partial charge in [-0.15, -0.1) is 0 Å². The molecule has 0 aliphatic heterocycles. The Morgan fingerprint density at radius 1 is 0.786 bits per heavy atom. The Kier molecular flexibility index (Phi) is 5.81. The van der Waals surface area contributed by atoms with Crippen molar-refractivity contribution in [3.63, 3.8) is 0 Å². The van der Waals surface area contributed by atoms with Crippen molar-refractivity contribution in [3.8, 4) is 11.3 Å². The first-order chi connectivity index (χ1) is 13.2. The normalized spacial score (nSPS) is 12.5. The highest BCUT2D eigenvalue weighted by atomic mass is 28.3. The van der Waals surface area contributed by atoms with Crippen molar-refractivity contribution < 1.29 is 4.57 Å². The number of rotatable bonds is 5. The molecule has 0 N–H and O–H groups in total. The highest BCUT2D eigenvalue weighted by Gasteiger charge is 2.44. The van der Waals surface area contributed by atoms with E-state index in [4.69, 9.17) is 0 Å². The van der Waals surface area contributed by atoms with Crippen molar-refractivity contribution >= 4 is 24.0 Å². The fourth-order valence-electron chi connectivity index (χ4n) is 5.82. The summed E-state index contributed by atoms with van der Waals surface area (Å²) in [5, 5.41) is 4.33. The van der Waals surface area contributed by atoms with Gasteiger partial charge in [-0.1, -0.05) is 77.1 Å². The Morgan fingerprint density at radius 2 is 1.39 bits per heavy atom. The first-order valence-electron chi connectivity index (χ1n) is 10.7. The molecule has 0 aliphatic rings. The summed E-state index contributed by atoms with van der Waals surface area (Å²) in [4.78, 5) is 0. The number of hydrogen-bond donors (Lipinski definition) is 0. The van der Waals surface area contributed by atoms with Gasteiger partial charge in [0.05, 0.1) is 13.5 Å². The van der Waals surface area contributed by atoms with Gasteiger partial charge >= 0.3 is 0 Å². The molecule has 0 bridgehead atoms. The van der Waals surface area contributed by atoms with Gasteiger partial charge in [-0.3, -0.25) is 0 Å². The van der Waals surface area contributed by atoms with Gasteiger partial charge in [0.1, 0.15) is 7.05 Å². The Bertz CT molecular complexity index is 963. The largest absolute Gasteiger partial charge is 0.220 e. The summed E-state index contributed by atoms with van der Waals surface area (Å²) < 4.78 is 2.27. The van der Waals surface area contributed by atoms with Gasteiger partial charge in [0.2, 0.25) is 5.69 Å². The standard InChI is InChI=1S/C26H36NSi/c1-18(2)28(19(3)4,20(5)6)23-13-14-25-22(17-23)15-16-27(8)26(25)24-12-10-9-11-21(24)7/h9-20H,1-8H3/q+1. The number of nitrogens with zero attached hydrogens (tertiary/aromatic N) is 1. The van der Waals surface area contributed by atoms with Crippen molar-refractivity contribution in [3.05, 3.63) is 60.3 Å². The Morgan fingerprint density at radius 3 is 1.96 bits per heavy atom. The molecule has 0 saturated heterocycles. The van der Waals surface area contributed by atoms with Gasteiger partial charge < -0.3 is 0 Å². The Labute approximate surface area is 172 Å². The molecule has 0 aliphatic carbocycles. The van der Waals surface area contributed by atoms with Crippen LogP contribution >= 0.6 is 0 Å². The summed E-state index contributed by atoms with van der Waals surface area (Å²) in [5.74, 6) is 0. The molecular formula is C26H36NSi+. The lowest BCUT2D eigenvalue weighted by molar-refractivity contribution is -0.659. The van der Waals surface area contributed by atoms with Crippen LogP contribution in [0.1, 0.15) is 47.1 Å². The lowest BCUT2D eigenvalue weighted by Crippen LogP contribution is -2.55. The summed E-state index contributed by atoms with van der Waals surface area (Å²) in [7, 11) is 0.508. The number of pyridine rings is 1. The van der Waals surface area contributed by atoms with Crippen LogP contribution in [0.5, 0.6) is 0 Å². The number of aryl methyl sites for hydroxylation is 2. The fourth-order valence-corrected chi connectivity index (χ4v) is 12.6. The van der Waals surface area contributed by atoms with Crippen LogP contribution in [-0.4, -0.2) is 8.07 Å². The second-order valence-electron chi connectivity index (χ2n) is 9.29. The zero-order valence-corrected chi connectivity index (χ0v) is 19.9. The average Bonchev–Trinajstić information content (AvgIpc) is 2.62. The van der Waals surface area contributed by atoms with E-state index in [1.165, 1.54) is 27.6 Å². The molecule has 3 rings (SSSR count). The van der Waals surface area contributed by atoms with E-state index in [1.807, 2.05) is 0 Å². The van der Waals surface area contributed by atoms with Gasteiger partial charge in [0, 0.05) is 11.6 Å². The monoisotopic (exact) mass is 390 g/mol. The van der Waals surface area contributed by atoms with Crippen LogP contribution in [0.4, 0.5) is 0 Å². The van der Waals surface area contributed by atoms with Crippen LogP contribution in [0.3, 0.4) is 0 Å². The quantitative estimate of drug-likeness (QED) is 0.344. The van der Waals surface area contributed by atoms with E-state index in [-0.39, 0.29) is 0 Å². The van der Waals surface area contributed by atoms with E-state index in [0.717, 1.165) is 16.6 Å². The van der Waals surface area contributed by atoms with Crippen molar-refractivity contribution in [2.24, 2.45) is 7.05 Å². The lowest BCUT2D eigenvalue weighted by atomic mass is 10.00. The zero-order valence-electron chi connectivity index (χ0n) is 18.9. The minimum atomic E-state index is -1.65. The van der Waals surface area contributed by atoms with Crippen molar-refractivity contribution in [1.82, 2.24) is 0 Å². The molecule has 2 heteroatoms. The highest BCUT2D eigenvalue weighted by molar-refractivity contribution is 6.95. The molecule has 0 atom stereocenters. The van der Waals surface area contributed by atoms with Crippen LogP contribution in [0.2, 0.25) is 16.6 Å². The van der Waals surface area contributed by atoms with Crippen LogP contribution < -0.4 is 9.75 Å². The van der Waals surface area contributed by atoms with Crippen LogP contribution in [-0.2, 0) is 7.05 Å². The minimum absolute atomic E-state index is 0.723. The van der Waals surface area contributed by atoms with Crippen LogP contribution in [0.25, 0.3) is 22.0 Å². The molecule has 3 aromatic rings. The van der Waals surface area contributed by atoms with Gasteiger partial charge in [-0.05, 0) is 46.6 Å². The number of hydrogen-bond acceptors (Lipinski definition) is 0. The second-order valence-corrected chi connectivity index (χ2v) is 15.2. The number of benzene rings is 2. The summed E-state index contributed by atoms with van der Waals surface area (Å²) in [6, 6.07) is 18.4. The first-order valence-corrected chi connectivity index (χ1v) is 12.9. The zero-order chi connectivity index (χ0) is 20.6. The van der Waals surface area contributed by atoms with E-state index in [1.54, 1.807) is 5.19 Å². The fraction of sp³-hybridized carbons (Fsp3) is 0.423. The predicted molar refractivity (Wildman–Crippen MR) is 126 cm³/mol. The second kappa shape index (κ2) is 7.83. The molecule has 28 heavy (non-hydrogen) atoms. The molecule has 0 fully saturated rings. The lowest BCUT2D eigenvalue weighted by Gasteiger charge is -2.43.